The number of hydrogen-bond acceptors (Lipinski definition) is 6. The normalized spacial score (nSPS) is 18.5. The van der Waals surface area contributed by atoms with E-state index in [0.717, 1.165) is 0 Å². The van der Waals surface area contributed by atoms with Gasteiger partial charge in [-0.2, -0.15) is 0 Å². The fraction of sp³-hybridized carbons (Fsp3) is 0.273. The van der Waals surface area contributed by atoms with Crippen LogP contribution in [0.5, 0.6) is 0 Å². The molecule has 0 amide bonds. The van der Waals surface area contributed by atoms with Gasteiger partial charge in [0.15, 0.2) is 0 Å². The molecule has 4 nitrogen and oxygen atoms in total. The van der Waals surface area contributed by atoms with Gasteiger partial charge in [0, 0.05) is 0 Å². The van der Waals surface area contributed by atoms with Gasteiger partial charge >= 0.3 is 183 Å². The van der Waals surface area contributed by atoms with E-state index in [2.05, 4.69) is 48.5 Å². The quantitative estimate of drug-likeness (QED) is 0.408. The topological polar surface area (TPSA) is 36.9 Å². The Hall–Kier alpha value is -1.28. The number of benzene rings is 2. The summed E-state index contributed by atoms with van der Waals surface area (Å²) >= 11 is 3.66. The molecular formula is C22H18O4S2Se. The Labute approximate surface area is 182 Å². The Morgan fingerprint density at radius 1 is 0.621 bits per heavy atom. The number of rotatable bonds is 4. The van der Waals surface area contributed by atoms with Gasteiger partial charge in [-0.05, 0) is 0 Å². The van der Waals surface area contributed by atoms with E-state index in [9.17, 15) is 0 Å². The summed E-state index contributed by atoms with van der Waals surface area (Å²) in [5.74, 6) is 0. The predicted molar refractivity (Wildman–Crippen MR) is 118 cm³/mol. The van der Waals surface area contributed by atoms with Gasteiger partial charge in [0.25, 0.3) is 0 Å². The molecule has 7 heteroatoms. The van der Waals surface area contributed by atoms with Crippen molar-refractivity contribution in [2.24, 2.45) is 0 Å². The van der Waals surface area contributed by atoms with Crippen LogP contribution in [0.2, 0.25) is 0 Å². The van der Waals surface area contributed by atoms with Crippen LogP contribution in [0.1, 0.15) is 22.3 Å². The molecule has 148 valence electrons. The van der Waals surface area contributed by atoms with Crippen LogP contribution in [0.3, 0.4) is 0 Å². The van der Waals surface area contributed by atoms with Crippen LogP contribution in [-0.4, -0.2) is 41.4 Å². The second kappa shape index (κ2) is 7.76. The van der Waals surface area contributed by atoms with Crippen molar-refractivity contribution in [3.63, 3.8) is 0 Å². The molecule has 2 aliphatic heterocycles. The molecule has 2 aromatic carbocycles. The van der Waals surface area contributed by atoms with Gasteiger partial charge in [-0.1, -0.05) is 0 Å². The van der Waals surface area contributed by atoms with Crippen molar-refractivity contribution in [2.75, 3.05) is 26.4 Å². The van der Waals surface area contributed by atoms with Crippen LogP contribution < -0.4 is 8.92 Å². The van der Waals surface area contributed by atoms with E-state index in [1.165, 1.54) is 38.9 Å². The molecule has 0 unspecified atom stereocenters. The van der Waals surface area contributed by atoms with Gasteiger partial charge in [0.05, 0.1) is 0 Å². The molecule has 29 heavy (non-hydrogen) atoms. The molecule has 2 aliphatic rings. The van der Waals surface area contributed by atoms with Crippen LogP contribution in [0.4, 0.5) is 0 Å². The molecule has 2 fully saturated rings. The summed E-state index contributed by atoms with van der Waals surface area (Å²) in [6, 6.07) is 17.2. The van der Waals surface area contributed by atoms with Crippen molar-refractivity contribution in [1.82, 2.24) is 0 Å². The SMILES string of the molecule is c1ccc2c([Se]c3c(C4OCCO4)sc4ccccc34)c(C3OCCO3)sc2c1. The third kappa shape index (κ3) is 3.26. The molecule has 0 saturated carbocycles. The van der Waals surface area contributed by atoms with E-state index in [0.29, 0.717) is 26.4 Å². The maximum absolute atomic E-state index is 5.90. The van der Waals surface area contributed by atoms with Crippen LogP contribution in [0.15, 0.2) is 48.5 Å². The van der Waals surface area contributed by atoms with E-state index in [-0.39, 0.29) is 27.5 Å². The summed E-state index contributed by atoms with van der Waals surface area (Å²) in [5.41, 5.74) is 0. The van der Waals surface area contributed by atoms with Gasteiger partial charge in [-0.25, -0.2) is 0 Å². The third-order valence-electron chi connectivity index (χ3n) is 5.03. The third-order valence-corrected chi connectivity index (χ3v) is 10.7. The van der Waals surface area contributed by atoms with Gasteiger partial charge < -0.3 is 0 Å². The van der Waals surface area contributed by atoms with E-state index in [4.69, 9.17) is 18.9 Å². The fourth-order valence-corrected chi connectivity index (χ4v) is 9.63. The first kappa shape index (κ1) is 18.5. The average Bonchev–Trinajstić information content (AvgIpc) is 3.55. The number of thiophene rings is 2. The average molecular weight is 489 g/mol. The summed E-state index contributed by atoms with van der Waals surface area (Å²) in [6.07, 6.45) is -0.506. The Morgan fingerprint density at radius 3 is 1.48 bits per heavy atom. The van der Waals surface area contributed by atoms with Crippen molar-refractivity contribution in [3.05, 3.63) is 58.3 Å². The molecule has 0 N–H and O–H groups in total. The molecule has 4 aromatic rings. The summed E-state index contributed by atoms with van der Waals surface area (Å²) in [5, 5.41) is 2.61. The molecule has 2 saturated heterocycles. The first-order chi connectivity index (χ1) is 14.4. The summed E-state index contributed by atoms with van der Waals surface area (Å²) in [4.78, 5) is 2.41. The molecular weight excluding hydrogens is 471 g/mol. The second-order valence-corrected chi connectivity index (χ2v) is 11.1. The van der Waals surface area contributed by atoms with Crippen LogP contribution in [0, 0.1) is 0 Å². The maximum atomic E-state index is 5.90. The number of hydrogen-bond donors (Lipinski definition) is 0. The van der Waals surface area contributed by atoms with Crippen molar-refractivity contribution in [1.29, 1.82) is 0 Å². The minimum atomic E-state index is -0.253. The van der Waals surface area contributed by atoms with Gasteiger partial charge in [-0.3, -0.25) is 0 Å². The van der Waals surface area contributed by atoms with Gasteiger partial charge in [-0.15, -0.1) is 0 Å². The van der Waals surface area contributed by atoms with Crippen molar-refractivity contribution in [2.45, 2.75) is 12.6 Å². The van der Waals surface area contributed by atoms with Crippen LogP contribution in [0.25, 0.3) is 20.2 Å². The number of ether oxygens (including phenoxy) is 4. The first-order valence-electron chi connectivity index (χ1n) is 9.55. The number of fused-ring (bicyclic) bond motifs is 2. The summed E-state index contributed by atoms with van der Waals surface area (Å²) < 4.78 is 28.9. The van der Waals surface area contributed by atoms with E-state index < -0.39 is 0 Å². The Kier molecular flexibility index (Phi) is 4.95. The van der Waals surface area contributed by atoms with Gasteiger partial charge in [0.1, 0.15) is 0 Å². The van der Waals surface area contributed by atoms with Crippen LogP contribution in [-0.2, 0) is 18.9 Å². The molecule has 0 atom stereocenters. The van der Waals surface area contributed by atoms with Crippen LogP contribution >= 0.6 is 22.7 Å². The van der Waals surface area contributed by atoms with E-state index >= 15 is 0 Å². The zero-order chi connectivity index (χ0) is 19.2. The Balaban J connectivity index is 1.52. The second-order valence-electron chi connectivity index (χ2n) is 6.83. The van der Waals surface area contributed by atoms with E-state index in [1.807, 2.05) is 0 Å². The monoisotopic (exact) mass is 490 g/mol. The Morgan fingerprint density at radius 2 is 1.03 bits per heavy atom. The van der Waals surface area contributed by atoms with Crippen molar-refractivity contribution >= 4 is 66.7 Å². The summed E-state index contributed by atoms with van der Waals surface area (Å²) in [7, 11) is 0. The predicted octanol–water partition coefficient (Wildman–Crippen LogP) is 3.86. The molecule has 4 heterocycles. The minimum absolute atomic E-state index is 0.0779. The van der Waals surface area contributed by atoms with E-state index in [1.54, 1.807) is 22.7 Å². The molecule has 0 spiro atoms. The molecule has 2 aromatic heterocycles. The fourth-order valence-electron chi connectivity index (χ4n) is 3.72. The standard InChI is InChI=1S/C22H18O4S2Se/c1-3-7-15-13(5-1)19(17(27-15)21-23-9-10-24-21)29-20-14-6-2-4-8-16(14)28-18(20)22-25-11-12-26-22/h1-8,21-22H,9-12H2. The summed E-state index contributed by atoms with van der Waals surface area (Å²) in [6.45, 7) is 2.62. The molecule has 6 rings (SSSR count). The Bertz CT molecular complexity index is 1080. The van der Waals surface area contributed by atoms with Crippen molar-refractivity contribution in [3.8, 4) is 0 Å². The first-order valence-corrected chi connectivity index (χ1v) is 12.9. The van der Waals surface area contributed by atoms with Crippen molar-refractivity contribution < 1.29 is 18.9 Å². The zero-order valence-corrected chi connectivity index (χ0v) is 18.8. The molecule has 0 aliphatic carbocycles. The molecule has 0 bridgehead atoms. The molecule has 0 radical (unpaired) electrons. The zero-order valence-electron chi connectivity index (χ0n) is 15.5. The van der Waals surface area contributed by atoms with Gasteiger partial charge in [0.2, 0.25) is 0 Å².